The molecular weight excluding hydrogens is 440 g/mol. The van der Waals surface area contributed by atoms with Gasteiger partial charge in [0.05, 0.1) is 13.1 Å². The van der Waals surface area contributed by atoms with Gasteiger partial charge in [-0.25, -0.2) is 4.79 Å². The fourth-order valence-electron chi connectivity index (χ4n) is 3.08. The number of hydrogen-bond acceptors (Lipinski definition) is 3. The van der Waals surface area contributed by atoms with Crippen molar-refractivity contribution in [1.29, 1.82) is 0 Å². The molecular formula is C21H17ClF4N2O3. The molecule has 0 bridgehead atoms. The molecule has 164 valence electrons. The molecule has 0 N–H and O–H groups in total. The van der Waals surface area contributed by atoms with Crippen LogP contribution in [-0.2, 0) is 21.4 Å². The van der Waals surface area contributed by atoms with Gasteiger partial charge in [-0.1, -0.05) is 53.6 Å². The average Bonchev–Trinajstić information content (AvgIpc) is 2.69. The van der Waals surface area contributed by atoms with Crippen molar-refractivity contribution in [2.75, 3.05) is 13.1 Å². The normalized spacial score (nSPS) is 15.6. The summed E-state index contributed by atoms with van der Waals surface area (Å²) >= 11 is 5.72. The van der Waals surface area contributed by atoms with E-state index >= 15 is 0 Å². The summed E-state index contributed by atoms with van der Waals surface area (Å²) in [5.41, 5.74) is -0.287. The van der Waals surface area contributed by atoms with E-state index in [0.29, 0.717) is 0 Å². The Balaban J connectivity index is 1.83. The van der Waals surface area contributed by atoms with Crippen LogP contribution in [0.1, 0.15) is 23.1 Å². The Hall–Kier alpha value is -2.94. The van der Waals surface area contributed by atoms with Crippen LogP contribution < -0.4 is 0 Å². The number of imide groups is 2. The molecule has 2 aromatic rings. The highest BCUT2D eigenvalue weighted by molar-refractivity contribution is 6.30. The first-order chi connectivity index (χ1) is 14.4. The van der Waals surface area contributed by atoms with Crippen LogP contribution in [0.4, 0.5) is 22.4 Å². The van der Waals surface area contributed by atoms with Crippen molar-refractivity contribution in [3.05, 3.63) is 70.2 Å². The zero-order valence-electron chi connectivity index (χ0n) is 16.2. The highest BCUT2D eigenvalue weighted by Crippen LogP contribution is 2.34. The van der Waals surface area contributed by atoms with E-state index in [9.17, 15) is 31.9 Å². The summed E-state index contributed by atoms with van der Waals surface area (Å²) in [7, 11) is 0. The van der Waals surface area contributed by atoms with E-state index in [2.05, 4.69) is 0 Å². The molecule has 0 radical (unpaired) electrons. The fourth-order valence-corrected chi connectivity index (χ4v) is 3.27. The lowest BCUT2D eigenvalue weighted by Gasteiger charge is -2.36. The van der Waals surface area contributed by atoms with E-state index in [1.54, 1.807) is 6.92 Å². The molecule has 1 fully saturated rings. The Kier molecular flexibility index (Phi) is 6.09. The van der Waals surface area contributed by atoms with Crippen LogP contribution >= 0.6 is 11.6 Å². The van der Waals surface area contributed by atoms with E-state index in [4.69, 9.17) is 11.6 Å². The van der Waals surface area contributed by atoms with Crippen LogP contribution in [0.5, 0.6) is 0 Å². The van der Waals surface area contributed by atoms with Crippen molar-refractivity contribution in [2.45, 2.75) is 25.2 Å². The van der Waals surface area contributed by atoms with Crippen molar-refractivity contribution in [2.24, 2.45) is 0 Å². The van der Waals surface area contributed by atoms with E-state index < -0.39 is 60.3 Å². The lowest BCUT2D eigenvalue weighted by atomic mass is 10.0. The van der Waals surface area contributed by atoms with Crippen LogP contribution in [-0.4, -0.2) is 40.7 Å². The number of benzene rings is 2. The summed E-state index contributed by atoms with van der Waals surface area (Å²) in [5, 5.41) is 0.0167. The smallest absolute Gasteiger partial charge is 0.274 e. The number of amides is 4. The highest BCUT2D eigenvalue weighted by atomic mass is 35.5. The number of urea groups is 1. The summed E-state index contributed by atoms with van der Waals surface area (Å²) in [4.78, 5) is 37.1. The number of hydrogen-bond donors (Lipinski definition) is 0. The highest BCUT2D eigenvalue weighted by Gasteiger charge is 2.47. The van der Waals surface area contributed by atoms with Gasteiger partial charge in [-0.3, -0.25) is 19.4 Å². The van der Waals surface area contributed by atoms with Crippen LogP contribution in [0.25, 0.3) is 0 Å². The molecule has 0 atom stereocenters. The minimum atomic E-state index is -3.71. The van der Waals surface area contributed by atoms with Gasteiger partial charge in [0.1, 0.15) is 6.42 Å². The van der Waals surface area contributed by atoms with Gasteiger partial charge in [0.15, 0.2) is 0 Å². The van der Waals surface area contributed by atoms with Crippen molar-refractivity contribution in [3.63, 3.8) is 0 Å². The fraction of sp³-hybridized carbons (Fsp3) is 0.286. The number of nitrogens with zero attached hydrogens (tertiary/aromatic N) is 2. The monoisotopic (exact) mass is 456 g/mol. The maximum Gasteiger partial charge on any atom is 0.333 e. The zero-order chi connectivity index (χ0) is 23.0. The van der Waals surface area contributed by atoms with Crippen LogP contribution in [0.15, 0.2) is 48.5 Å². The van der Waals surface area contributed by atoms with Gasteiger partial charge in [-0.05, 0) is 19.1 Å². The van der Waals surface area contributed by atoms with Crippen molar-refractivity contribution < 1.29 is 31.9 Å². The topological polar surface area (TPSA) is 57.7 Å². The quantitative estimate of drug-likeness (QED) is 0.467. The Morgan fingerprint density at radius 2 is 1.35 bits per heavy atom. The van der Waals surface area contributed by atoms with Crippen molar-refractivity contribution in [3.8, 4) is 0 Å². The predicted molar refractivity (Wildman–Crippen MR) is 104 cm³/mol. The van der Waals surface area contributed by atoms with Gasteiger partial charge in [0.2, 0.25) is 11.8 Å². The first-order valence-corrected chi connectivity index (χ1v) is 9.52. The minimum Gasteiger partial charge on any atom is -0.274 e. The number of rotatable bonds is 6. The number of alkyl halides is 4. The average molecular weight is 457 g/mol. The van der Waals surface area contributed by atoms with E-state index in [0.717, 1.165) is 29.8 Å². The molecule has 3 rings (SSSR count). The van der Waals surface area contributed by atoms with Gasteiger partial charge in [0, 0.05) is 16.1 Å². The maximum absolute atomic E-state index is 14.7. The predicted octanol–water partition coefficient (Wildman–Crippen LogP) is 4.71. The Morgan fingerprint density at radius 1 is 0.839 bits per heavy atom. The lowest BCUT2D eigenvalue weighted by molar-refractivity contribution is -0.149. The second kappa shape index (κ2) is 8.30. The number of halogens is 5. The van der Waals surface area contributed by atoms with E-state index in [1.807, 2.05) is 0 Å². The summed E-state index contributed by atoms with van der Waals surface area (Å²) < 4.78 is 58.7. The summed E-state index contributed by atoms with van der Waals surface area (Å²) in [6.45, 7) is -1.09. The molecule has 0 saturated carbocycles. The summed E-state index contributed by atoms with van der Waals surface area (Å²) in [6.07, 6.45) is -0.971. The zero-order valence-corrected chi connectivity index (χ0v) is 17.0. The summed E-state index contributed by atoms with van der Waals surface area (Å²) in [5.74, 6) is -9.71. The molecule has 1 heterocycles. The van der Waals surface area contributed by atoms with E-state index in [-0.39, 0.29) is 14.8 Å². The molecule has 1 saturated heterocycles. The van der Waals surface area contributed by atoms with Gasteiger partial charge in [0.25, 0.3) is 11.8 Å². The molecule has 5 nitrogen and oxygen atoms in total. The second-order valence-electron chi connectivity index (χ2n) is 7.20. The van der Waals surface area contributed by atoms with Crippen molar-refractivity contribution >= 4 is 29.4 Å². The molecule has 2 aromatic carbocycles. The molecule has 4 amide bonds. The van der Waals surface area contributed by atoms with Crippen molar-refractivity contribution in [1.82, 2.24) is 9.80 Å². The molecule has 0 aliphatic carbocycles. The third-order valence-electron chi connectivity index (χ3n) is 4.80. The molecule has 0 aromatic heterocycles. The first kappa shape index (κ1) is 22.7. The number of aryl methyl sites for hydroxylation is 1. The van der Waals surface area contributed by atoms with Crippen LogP contribution in [0, 0.1) is 6.92 Å². The standard InChI is InChI=1S/C21H17ClF4N2O3/c1-13-5-7-14(8-6-13)20(23,24)11-27-17(29)10-18(30)28(19(27)31)12-21(25,26)15-3-2-4-16(22)9-15/h2-9H,10-12H2,1H3. The molecule has 0 unspecified atom stereocenters. The largest absolute Gasteiger partial charge is 0.333 e. The number of carbonyl (C=O) groups is 3. The van der Waals surface area contributed by atoms with Gasteiger partial charge < -0.3 is 0 Å². The molecule has 10 heteroatoms. The Labute approximate surface area is 180 Å². The van der Waals surface area contributed by atoms with Crippen LogP contribution in [0.2, 0.25) is 5.02 Å². The third-order valence-corrected chi connectivity index (χ3v) is 5.04. The number of barbiturate groups is 1. The first-order valence-electron chi connectivity index (χ1n) is 9.14. The maximum atomic E-state index is 14.7. The minimum absolute atomic E-state index is 0.0167. The van der Waals surface area contributed by atoms with Gasteiger partial charge >= 0.3 is 6.03 Å². The van der Waals surface area contributed by atoms with Gasteiger partial charge in [-0.15, -0.1) is 0 Å². The van der Waals surface area contributed by atoms with E-state index in [1.165, 1.54) is 24.3 Å². The van der Waals surface area contributed by atoms with Crippen LogP contribution in [0.3, 0.4) is 0 Å². The third kappa shape index (κ3) is 4.87. The molecule has 1 aliphatic rings. The Bertz CT molecular complexity index is 1030. The Morgan fingerprint density at radius 3 is 1.87 bits per heavy atom. The second-order valence-corrected chi connectivity index (χ2v) is 7.64. The van der Waals surface area contributed by atoms with Gasteiger partial charge in [-0.2, -0.15) is 17.6 Å². The summed E-state index contributed by atoms with van der Waals surface area (Å²) in [6, 6.07) is 8.29. The SMILES string of the molecule is Cc1ccc(C(F)(F)CN2C(=O)CC(=O)N(CC(F)(F)c3cccc(Cl)c3)C2=O)cc1. The molecule has 31 heavy (non-hydrogen) atoms. The molecule has 1 aliphatic heterocycles. The number of carbonyl (C=O) groups excluding carboxylic acids is 3. The lowest BCUT2D eigenvalue weighted by Crippen LogP contribution is -2.59. The molecule has 0 spiro atoms.